The zero-order valence-electron chi connectivity index (χ0n) is 13.5. The second-order valence-corrected chi connectivity index (χ2v) is 7.47. The van der Waals surface area contributed by atoms with Gasteiger partial charge in [0.15, 0.2) is 0 Å². The van der Waals surface area contributed by atoms with E-state index >= 15 is 0 Å². The summed E-state index contributed by atoms with van der Waals surface area (Å²) in [7, 11) is 0. The smallest absolute Gasteiger partial charge is 0.223 e. The highest BCUT2D eigenvalue weighted by molar-refractivity contribution is 5.79. The second kappa shape index (κ2) is 6.46. The number of nitrogens with two attached hydrogens (primary N) is 1. The quantitative estimate of drug-likeness (QED) is 0.831. The predicted octanol–water partition coefficient (Wildman–Crippen LogP) is 3.08. The number of amides is 1. The predicted molar refractivity (Wildman–Crippen MR) is 83.2 cm³/mol. The van der Waals surface area contributed by atoms with Crippen LogP contribution >= 0.6 is 0 Å². The second-order valence-electron chi connectivity index (χ2n) is 7.47. The summed E-state index contributed by atoms with van der Waals surface area (Å²) < 4.78 is 0. The SMILES string of the molecule is CCC1(CNC(=O)C2CC(N)C(C)CC2C)CCCC1. The maximum atomic E-state index is 12.5. The van der Waals surface area contributed by atoms with Crippen molar-refractivity contribution in [2.45, 2.75) is 71.8 Å². The Morgan fingerprint density at radius 1 is 1.20 bits per heavy atom. The van der Waals surface area contributed by atoms with Crippen molar-refractivity contribution in [2.75, 3.05) is 6.54 Å². The molecular weight excluding hydrogens is 248 g/mol. The van der Waals surface area contributed by atoms with Crippen molar-refractivity contribution in [2.24, 2.45) is 28.9 Å². The van der Waals surface area contributed by atoms with Crippen LogP contribution in [-0.4, -0.2) is 18.5 Å². The molecule has 0 aromatic carbocycles. The van der Waals surface area contributed by atoms with Gasteiger partial charge in [0.25, 0.3) is 0 Å². The Morgan fingerprint density at radius 2 is 1.85 bits per heavy atom. The summed E-state index contributed by atoms with van der Waals surface area (Å²) >= 11 is 0. The highest BCUT2D eigenvalue weighted by Gasteiger charge is 2.37. The summed E-state index contributed by atoms with van der Waals surface area (Å²) in [5, 5.41) is 3.26. The van der Waals surface area contributed by atoms with E-state index in [0.717, 1.165) is 19.4 Å². The van der Waals surface area contributed by atoms with Crippen LogP contribution < -0.4 is 11.1 Å². The van der Waals surface area contributed by atoms with E-state index in [-0.39, 0.29) is 17.9 Å². The molecule has 0 saturated heterocycles. The molecule has 2 saturated carbocycles. The van der Waals surface area contributed by atoms with E-state index in [1.807, 2.05) is 0 Å². The van der Waals surface area contributed by atoms with Gasteiger partial charge in [-0.05, 0) is 49.4 Å². The molecule has 0 aromatic heterocycles. The molecule has 0 aliphatic heterocycles. The number of nitrogens with one attached hydrogen (secondary N) is 1. The maximum absolute atomic E-state index is 12.5. The number of rotatable bonds is 4. The van der Waals surface area contributed by atoms with Gasteiger partial charge < -0.3 is 11.1 Å². The molecule has 20 heavy (non-hydrogen) atoms. The van der Waals surface area contributed by atoms with E-state index < -0.39 is 0 Å². The third kappa shape index (κ3) is 3.36. The molecule has 0 bridgehead atoms. The first-order valence-electron chi connectivity index (χ1n) is 8.51. The summed E-state index contributed by atoms with van der Waals surface area (Å²) in [6.45, 7) is 7.55. The zero-order chi connectivity index (χ0) is 14.8. The molecule has 3 heteroatoms. The van der Waals surface area contributed by atoms with Crippen LogP contribution in [0.25, 0.3) is 0 Å². The number of carbonyl (C=O) groups excluding carboxylic acids is 1. The topological polar surface area (TPSA) is 55.1 Å². The molecule has 1 amide bonds. The normalized spacial score (nSPS) is 36.8. The van der Waals surface area contributed by atoms with Crippen molar-refractivity contribution in [3.63, 3.8) is 0 Å². The van der Waals surface area contributed by atoms with Crippen molar-refractivity contribution in [1.29, 1.82) is 0 Å². The molecule has 0 heterocycles. The lowest BCUT2D eigenvalue weighted by Crippen LogP contribution is -2.47. The van der Waals surface area contributed by atoms with E-state index in [9.17, 15) is 4.79 Å². The Labute approximate surface area is 124 Å². The Bertz CT molecular complexity index is 336. The van der Waals surface area contributed by atoms with Gasteiger partial charge in [0.2, 0.25) is 5.91 Å². The fourth-order valence-corrected chi connectivity index (χ4v) is 4.23. The third-order valence-electron chi connectivity index (χ3n) is 6.08. The first kappa shape index (κ1) is 15.8. The molecule has 116 valence electrons. The monoisotopic (exact) mass is 280 g/mol. The average molecular weight is 280 g/mol. The van der Waals surface area contributed by atoms with Crippen LogP contribution in [0.5, 0.6) is 0 Å². The molecule has 0 aromatic rings. The van der Waals surface area contributed by atoms with E-state index in [1.165, 1.54) is 32.1 Å². The molecular formula is C17H32N2O. The van der Waals surface area contributed by atoms with E-state index in [0.29, 0.717) is 17.3 Å². The van der Waals surface area contributed by atoms with E-state index in [4.69, 9.17) is 5.73 Å². The van der Waals surface area contributed by atoms with Gasteiger partial charge >= 0.3 is 0 Å². The zero-order valence-corrected chi connectivity index (χ0v) is 13.5. The third-order valence-corrected chi connectivity index (χ3v) is 6.08. The molecule has 3 N–H and O–H groups in total. The molecule has 3 nitrogen and oxygen atoms in total. The van der Waals surface area contributed by atoms with Crippen LogP contribution in [0.2, 0.25) is 0 Å². The molecule has 4 atom stereocenters. The summed E-state index contributed by atoms with van der Waals surface area (Å²) in [4.78, 5) is 12.5. The fourth-order valence-electron chi connectivity index (χ4n) is 4.23. The van der Waals surface area contributed by atoms with Gasteiger partial charge in [-0.3, -0.25) is 4.79 Å². The molecule has 0 spiro atoms. The standard InChI is InChI=1S/C17H32N2O/c1-4-17(7-5-6-8-17)11-19-16(20)14-10-15(18)13(3)9-12(14)2/h12-15H,4-11,18H2,1-3H3,(H,19,20). The van der Waals surface area contributed by atoms with Crippen molar-refractivity contribution in [3.8, 4) is 0 Å². The number of hydrogen-bond acceptors (Lipinski definition) is 2. The first-order valence-corrected chi connectivity index (χ1v) is 8.51. The molecule has 2 aliphatic carbocycles. The lowest BCUT2D eigenvalue weighted by Gasteiger charge is -2.37. The lowest BCUT2D eigenvalue weighted by atomic mass is 9.72. The average Bonchev–Trinajstić information content (AvgIpc) is 2.90. The van der Waals surface area contributed by atoms with Crippen LogP contribution in [-0.2, 0) is 4.79 Å². The van der Waals surface area contributed by atoms with Crippen LogP contribution in [0, 0.1) is 23.2 Å². The van der Waals surface area contributed by atoms with Gasteiger partial charge in [-0.1, -0.05) is 33.6 Å². The molecule has 0 radical (unpaired) electrons. The minimum atomic E-state index is 0.122. The van der Waals surface area contributed by atoms with Gasteiger partial charge in [-0.2, -0.15) is 0 Å². The number of carbonyl (C=O) groups is 1. The maximum Gasteiger partial charge on any atom is 0.223 e. The lowest BCUT2D eigenvalue weighted by molar-refractivity contribution is -0.128. The number of hydrogen-bond donors (Lipinski definition) is 2. The summed E-state index contributed by atoms with van der Waals surface area (Å²) in [6.07, 6.45) is 8.33. The van der Waals surface area contributed by atoms with E-state index in [2.05, 4.69) is 26.1 Å². The molecule has 2 aliphatic rings. The Morgan fingerprint density at radius 3 is 2.45 bits per heavy atom. The summed E-state index contributed by atoms with van der Waals surface area (Å²) in [6, 6.07) is 0.188. The summed E-state index contributed by atoms with van der Waals surface area (Å²) in [5.74, 6) is 1.38. The van der Waals surface area contributed by atoms with Gasteiger partial charge in [0, 0.05) is 18.5 Å². The Balaban J connectivity index is 1.88. The van der Waals surface area contributed by atoms with Gasteiger partial charge in [0.05, 0.1) is 0 Å². The Kier molecular flexibility index (Phi) is 5.11. The minimum absolute atomic E-state index is 0.122. The highest BCUT2D eigenvalue weighted by Crippen LogP contribution is 2.40. The summed E-state index contributed by atoms with van der Waals surface area (Å²) in [5.41, 5.74) is 6.54. The fraction of sp³-hybridized carbons (Fsp3) is 0.941. The van der Waals surface area contributed by atoms with Gasteiger partial charge in [0.1, 0.15) is 0 Å². The van der Waals surface area contributed by atoms with Crippen LogP contribution in [0.1, 0.15) is 65.7 Å². The van der Waals surface area contributed by atoms with Crippen LogP contribution in [0.4, 0.5) is 0 Å². The van der Waals surface area contributed by atoms with Crippen molar-refractivity contribution in [3.05, 3.63) is 0 Å². The van der Waals surface area contributed by atoms with Crippen LogP contribution in [0.15, 0.2) is 0 Å². The van der Waals surface area contributed by atoms with Crippen molar-refractivity contribution >= 4 is 5.91 Å². The molecule has 4 unspecified atom stereocenters. The van der Waals surface area contributed by atoms with E-state index in [1.54, 1.807) is 0 Å². The molecule has 2 rings (SSSR count). The van der Waals surface area contributed by atoms with Crippen molar-refractivity contribution in [1.82, 2.24) is 5.32 Å². The van der Waals surface area contributed by atoms with Gasteiger partial charge in [-0.25, -0.2) is 0 Å². The molecule has 2 fully saturated rings. The van der Waals surface area contributed by atoms with Crippen molar-refractivity contribution < 1.29 is 4.79 Å². The minimum Gasteiger partial charge on any atom is -0.355 e. The van der Waals surface area contributed by atoms with Crippen LogP contribution in [0.3, 0.4) is 0 Å². The van der Waals surface area contributed by atoms with Gasteiger partial charge in [-0.15, -0.1) is 0 Å². The Hall–Kier alpha value is -0.570. The largest absolute Gasteiger partial charge is 0.355 e. The first-order chi connectivity index (χ1) is 9.47. The highest BCUT2D eigenvalue weighted by atomic mass is 16.1.